The van der Waals surface area contributed by atoms with E-state index in [2.05, 4.69) is 5.32 Å². The molecule has 1 aromatic rings. The summed E-state index contributed by atoms with van der Waals surface area (Å²) in [6, 6.07) is 3.57. The van der Waals surface area contributed by atoms with Gasteiger partial charge in [0, 0.05) is 24.4 Å². The fraction of sp³-hybridized carbons (Fsp3) is 0.538. The molecule has 1 atom stereocenters. The van der Waals surface area contributed by atoms with Crippen LogP contribution in [-0.4, -0.2) is 42.5 Å². The minimum atomic E-state index is -0.779. The van der Waals surface area contributed by atoms with Crippen LogP contribution in [-0.2, 0) is 0 Å². The third kappa shape index (κ3) is 3.61. The van der Waals surface area contributed by atoms with Gasteiger partial charge in [-0.05, 0) is 13.2 Å². The Morgan fingerprint density at radius 2 is 2.00 bits per heavy atom. The maximum atomic E-state index is 10.1. The van der Waals surface area contributed by atoms with Crippen LogP contribution >= 0.6 is 11.8 Å². The van der Waals surface area contributed by atoms with E-state index in [0.717, 1.165) is 5.69 Å². The molecule has 5 nitrogen and oxygen atoms in total. The summed E-state index contributed by atoms with van der Waals surface area (Å²) in [6.07, 6.45) is 1.97. The molecular weight excluding hydrogens is 264 g/mol. The second-order valence-electron chi connectivity index (χ2n) is 4.87. The molecule has 1 aromatic carbocycles. The SMILES string of the molecule is CSCC(C)(O)CNc1cc2c(cc1N)OCCO2. The van der Waals surface area contributed by atoms with Crippen molar-refractivity contribution in [2.75, 3.05) is 42.8 Å². The lowest BCUT2D eigenvalue weighted by Gasteiger charge is -2.25. The van der Waals surface area contributed by atoms with Crippen LogP contribution in [0.4, 0.5) is 11.4 Å². The van der Waals surface area contributed by atoms with Gasteiger partial charge in [0.1, 0.15) is 13.2 Å². The molecule has 0 fully saturated rings. The summed E-state index contributed by atoms with van der Waals surface area (Å²) >= 11 is 1.60. The highest BCUT2D eigenvalue weighted by Gasteiger charge is 2.21. The summed E-state index contributed by atoms with van der Waals surface area (Å²) in [5.41, 5.74) is 6.53. The van der Waals surface area contributed by atoms with Gasteiger partial charge < -0.3 is 25.6 Å². The highest BCUT2D eigenvalue weighted by atomic mass is 32.2. The first kappa shape index (κ1) is 14.1. The first-order valence-corrected chi connectivity index (χ1v) is 7.55. The van der Waals surface area contributed by atoms with Crippen LogP contribution in [0.25, 0.3) is 0 Å². The van der Waals surface area contributed by atoms with E-state index < -0.39 is 5.60 Å². The minimum absolute atomic E-state index is 0.428. The van der Waals surface area contributed by atoms with E-state index in [-0.39, 0.29) is 0 Å². The van der Waals surface area contributed by atoms with Crippen molar-refractivity contribution in [1.29, 1.82) is 0 Å². The third-order valence-corrected chi connectivity index (χ3v) is 3.74. The Morgan fingerprint density at radius 1 is 1.37 bits per heavy atom. The molecule has 0 amide bonds. The maximum Gasteiger partial charge on any atom is 0.163 e. The quantitative estimate of drug-likeness (QED) is 0.713. The molecule has 1 heterocycles. The number of thioether (sulfide) groups is 1. The zero-order chi connectivity index (χ0) is 13.9. The van der Waals surface area contributed by atoms with E-state index in [1.54, 1.807) is 24.8 Å². The van der Waals surface area contributed by atoms with Gasteiger partial charge in [0.15, 0.2) is 11.5 Å². The first-order valence-electron chi connectivity index (χ1n) is 6.16. The van der Waals surface area contributed by atoms with Gasteiger partial charge >= 0.3 is 0 Å². The molecule has 0 aromatic heterocycles. The second-order valence-corrected chi connectivity index (χ2v) is 5.73. The van der Waals surface area contributed by atoms with Crippen molar-refractivity contribution in [3.63, 3.8) is 0 Å². The lowest BCUT2D eigenvalue weighted by Crippen LogP contribution is -2.36. The number of nitrogens with two attached hydrogens (primary N) is 1. The van der Waals surface area contributed by atoms with Crippen LogP contribution in [0, 0.1) is 0 Å². The Bertz CT molecular complexity index is 452. The number of benzene rings is 1. The van der Waals surface area contributed by atoms with Gasteiger partial charge in [0.2, 0.25) is 0 Å². The van der Waals surface area contributed by atoms with Crippen molar-refractivity contribution in [2.24, 2.45) is 0 Å². The third-order valence-electron chi connectivity index (χ3n) is 2.83. The standard InChI is InChI=1S/C13H20N2O3S/c1-13(16,8-19-2)7-15-10-6-12-11(5-9(10)14)17-3-4-18-12/h5-6,15-16H,3-4,7-8,14H2,1-2H3. The van der Waals surface area contributed by atoms with Crippen LogP contribution < -0.4 is 20.5 Å². The van der Waals surface area contributed by atoms with Crippen molar-refractivity contribution in [3.05, 3.63) is 12.1 Å². The van der Waals surface area contributed by atoms with Crippen LogP contribution in [0.5, 0.6) is 11.5 Å². The average Bonchev–Trinajstić information content (AvgIpc) is 2.36. The molecule has 4 N–H and O–H groups in total. The number of hydrogen-bond donors (Lipinski definition) is 3. The molecule has 1 aliphatic rings. The zero-order valence-corrected chi connectivity index (χ0v) is 12.0. The Hall–Kier alpha value is -1.27. The van der Waals surface area contributed by atoms with E-state index in [4.69, 9.17) is 15.2 Å². The van der Waals surface area contributed by atoms with Crippen molar-refractivity contribution in [2.45, 2.75) is 12.5 Å². The van der Waals surface area contributed by atoms with E-state index in [1.165, 1.54) is 0 Å². The van der Waals surface area contributed by atoms with Gasteiger partial charge in [0.25, 0.3) is 0 Å². The number of nitrogens with one attached hydrogen (secondary N) is 1. The maximum absolute atomic E-state index is 10.1. The van der Waals surface area contributed by atoms with Crippen molar-refractivity contribution in [1.82, 2.24) is 0 Å². The molecule has 0 aliphatic carbocycles. The largest absolute Gasteiger partial charge is 0.486 e. The van der Waals surface area contributed by atoms with E-state index >= 15 is 0 Å². The predicted molar refractivity (Wildman–Crippen MR) is 79.3 cm³/mol. The fourth-order valence-electron chi connectivity index (χ4n) is 1.91. The number of nitrogen functional groups attached to an aromatic ring is 1. The molecule has 1 aliphatic heterocycles. The number of fused-ring (bicyclic) bond motifs is 1. The summed E-state index contributed by atoms with van der Waals surface area (Å²) in [7, 11) is 0. The van der Waals surface area contributed by atoms with Gasteiger partial charge in [-0.3, -0.25) is 0 Å². The molecule has 0 bridgehead atoms. The predicted octanol–water partition coefficient (Wildman–Crippen LogP) is 1.57. The topological polar surface area (TPSA) is 76.7 Å². The molecule has 1 unspecified atom stereocenters. The number of aliphatic hydroxyl groups is 1. The average molecular weight is 284 g/mol. The molecule has 0 saturated carbocycles. The Morgan fingerprint density at radius 3 is 2.63 bits per heavy atom. The molecule has 0 radical (unpaired) electrons. The van der Waals surface area contributed by atoms with Crippen LogP contribution in [0.1, 0.15) is 6.92 Å². The van der Waals surface area contributed by atoms with Crippen molar-refractivity contribution < 1.29 is 14.6 Å². The minimum Gasteiger partial charge on any atom is -0.486 e. The summed E-state index contributed by atoms with van der Waals surface area (Å²) in [5, 5.41) is 13.3. The molecule has 0 spiro atoms. The molecule has 106 valence electrons. The number of rotatable bonds is 5. The number of hydrogen-bond acceptors (Lipinski definition) is 6. The number of anilines is 2. The Kier molecular flexibility index (Phi) is 4.31. The normalized spacial score (nSPS) is 16.8. The monoisotopic (exact) mass is 284 g/mol. The lowest BCUT2D eigenvalue weighted by molar-refractivity contribution is 0.0997. The molecule has 2 rings (SSSR count). The number of ether oxygens (including phenoxy) is 2. The summed E-state index contributed by atoms with van der Waals surface area (Å²) in [4.78, 5) is 0. The van der Waals surface area contributed by atoms with Gasteiger partial charge in [-0.25, -0.2) is 0 Å². The van der Waals surface area contributed by atoms with Crippen molar-refractivity contribution >= 4 is 23.1 Å². The van der Waals surface area contributed by atoms with Crippen LogP contribution in [0.15, 0.2) is 12.1 Å². The van der Waals surface area contributed by atoms with Gasteiger partial charge in [-0.2, -0.15) is 11.8 Å². The summed E-state index contributed by atoms with van der Waals surface area (Å²) in [5.74, 6) is 2.02. The fourth-order valence-corrected chi connectivity index (χ4v) is 2.63. The van der Waals surface area contributed by atoms with Gasteiger partial charge in [-0.1, -0.05) is 0 Å². The van der Waals surface area contributed by atoms with E-state index in [1.807, 2.05) is 12.3 Å². The summed E-state index contributed by atoms with van der Waals surface area (Å²) < 4.78 is 11.0. The summed E-state index contributed by atoms with van der Waals surface area (Å²) in [6.45, 7) is 3.31. The Balaban J connectivity index is 2.08. The van der Waals surface area contributed by atoms with Crippen molar-refractivity contribution in [3.8, 4) is 11.5 Å². The van der Waals surface area contributed by atoms with E-state index in [9.17, 15) is 5.11 Å². The van der Waals surface area contributed by atoms with Gasteiger partial charge in [-0.15, -0.1) is 0 Å². The van der Waals surface area contributed by atoms with Crippen LogP contribution in [0.2, 0.25) is 0 Å². The smallest absolute Gasteiger partial charge is 0.163 e. The molecule has 6 heteroatoms. The highest BCUT2D eigenvalue weighted by Crippen LogP contribution is 2.37. The molecular formula is C13H20N2O3S. The molecule has 0 saturated heterocycles. The second kappa shape index (κ2) is 5.79. The Labute approximate surface area is 117 Å². The highest BCUT2D eigenvalue weighted by molar-refractivity contribution is 7.98. The lowest BCUT2D eigenvalue weighted by atomic mass is 10.1. The van der Waals surface area contributed by atoms with Crippen LogP contribution in [0.3, 0.4) is 0 Å². The van der Waals surface area contributed by atoms with E-state index in [0.29, 0.717) is 42.7 Å². The first-order chi connectivity index (χ1) is 9.02. The van der Waals surface area contributed by atoms with Gasteiger partial charge in [0.05, 0.1) is 17.0 Å². The zero-order valence-electron chi connectivity index (χ0n) is 11.2. The molecule has 19 heavy (non-hydrogen) atoms.